The minimum absolute atomic E-state index is 0.103. The van der Waals surface area contributed by atoms with E-state index >= 15 is 0 Å². The molecule has 6 N–H and O–H groups in total. The van der Waals surface area contributed by atoms with Crippen molar-refractivity contribution in [3.05, 3.63) is 47.7 Å². The number of hydrazine groups is 6. The molecule has 12 rings (SSSR count). The van der Waals surface area contributed by atoms with E-state index in [9.17, 15) is 0 Å². The SMILES string of the molecule is CN1C(C)(C)CC(OC2=CC(=NCCN(CCN(CCN=C3C=C(OC4CC(C)(C)N(C)C(C)(C)C4)NN(OC4CC(C)(C)N(C)C(C)(C)C4)N3)C3=CC(OC4CC(C)(C)N(C)C(C)(C)C4)=NN(OC4CC(C)(C)N(C)C(C)(C)C4)N3)C3=CC(OC4CC(C)(C)N(C)C(C)(C)C4)=NN(OC4CC(C)(C)N(C)C(C)(C)C4)N3)NN(OC3CC(C)(C)N(C)C(C)(C)C3)N2)CC1(C)C. The third-order valence-electron chi connectivity index (χ3n) is 33.7. The highest BCUT2D eigenvalue weighted by atomic mass is 16.8. The maximum atomic E-state index is 7.37. The summed E-state index contributed by atoms with van der Waals surface area (Å²) in [5, 5.41) is 17.0. The molecule has 0 bridgehead atoms. The van der Waals surface area contributed by atoms with Gasteiger partial charge in [-0.15, -0.1) is 0 Å². The Labute approximate surface area is 785 Å². The first-order valence-electron chi connectivity index (χ1n) is 49.1. The average molecular weight is 1820 g/mol. The van der Waals surface area contributed by atoms with Crippen molar-refractivity contribution in [2.45, 2.75) is 462 Å². The average Bonchev–Trinajstić information content (AvgIpc) is 0.796. The molecule has 32 nitrogen and oxygen atoms in total. The molecule has 0 amide bonds. The van der Waals surface area contributed by atoms with Crippen molar-refractivity contribution in [1.82, 2.24) is 103 Å². The molecule has 130 heavy (non-hydrogen) atoms. The van der Waals surface area contributed by atoms with Crippen LogP contribution in [0.1, 0.15) is 324 Å². The summed E-state index contributed by atoms with van der Waals surface area (Å²) in [5.74, 6) is 4.62. The van der Waals surface area contributed by atoms with Crippen molar-refractivity contribution >= 4 is 23.5 Å². The first kappa shape index (κ1) is 103. The van der Waals surface area contributed by atoms with Crippen LogP contribution in [0, 0.1) is 0 Å². The van der Waals surface area contributed by atoms with E-state index < -0.39 is 0 Å². The normalized spacial score (nSPS) is 29.7. The van der Waals surface area contributed by atoms with E-state index in [4.69, 9.17) is 58.5 Å². The Hall–Kier alpha value is -5.72. The summed E-state index contributed by atoms with van der Waals surface area (Å²) >= 11 is 0. The number of rotatable bonds is 25. The molecule has 0 unspecified atom stereocenters. The molecule has 0 aliphatic carbocycles. The van der Waals surface area contributed by atoms with Gasteiger partial charge in [-0.05, 0) is 329 Å². The molecule has 12 heterocycles. The second-order valence-corrected chi connectivity index (χ2v) is 50.9. The molecule has 12 aliphatic heterocycles. The topological polar surface area (TPSA) is 241 Å². The van der Waals surface area contributed by atoms with Gasteiger partial charge in [-0.25, -0.2) is 31.4 Å². The Bertz CT molecular complexity index is 3820. The maximum absolute atomic E-state index is 7.37. The Balaban J connectivity index is 0.969. The van der Waals surface area contributed by atoms with Crippen LogP contribution in [0.25, 0.3) is 0 Å². The third kappa shape index (κ3) is 23.7. The molecular weight excluding hydrogens is 1640 g/mol. The van der Waals surface area contributed by atoms with Crippen LogP contribution >= 0.6 is 0 Å². The molecule has 0 atom stereocenters. The number of hydrogen-bond acceptors (Lipinski definition) is 30. The van der Waals surface area contributed by atoms with Gasteiger partial charge < -0.3 is 28.7 Å². The van der Waals surface area contributed by atoms with E-state index in [0.29, 0.717) is 74.5 Å². The highest BCUT2D eigenvalue weighted by molar-refractivity contribution is 5.94. The zero-order valence-corrected chi connectivity index (χ0v) is 88.8. The summed E-state index contributed by atoms with van der Waals surface area (Å²) in [5.41, 5.74) is 19.3. The molecule has 0 radical (unpaired) electrons. The lowest BCUT2D eigenvalue weighted by Crippen LogP contribution is -2.63. The van der Waals surface area contributed by atoms with Gasteiger partial charge in [0, 0.05) is 201 Å². The van der Waals surface area contributed by atoms with Crippen molar-refractivity contribution in [2.24, 2.45) is 20.2 Å². The number of aliphatic imine (C=N–C) groups is 2. The summed E-state index contributed by atoms with van der Waals surface area (Å²) in [6.45, 7) is 76.1. The molecule has 32 heteroatoms. The molecule has 8 saturated heterocycles. The van der Waals surface area contributed by atoms with Crippen molar-refractivity contribution in [3.8, 4) is 0 Å². The van der Waals surface area contributed by atoms with Crippen LogP contribution in [-0.4, -0.2) is 327 Å². The second kappa shape index (κ2) is 36.6. The van der Waals surface area contributed by atoms with Crippen molar-refractivity contribution in [1.29, 1.82) is 0 Å². The molecule has 12 aliphatic rings. The largest absolute Gasteiger partial charge is 0.475 e. The number of piperidine rings is 8. The summed E-state index contributed by atoms with van der Waals surface area (Å²) in [6.07, 6.45) is 19.5. The predicted octanol–water partition coefficient (Wildman–Crippen LogP) is 13.7. The van der Waals surface area contributed by atoms with E-state index in [0.717, 1.165) is 114 Å². The Kier molecular flexibility index (Phi) is 29.1. The van der Waals surface area contributed by atoms with Gasteiger partial charge in [-0.3, -0.25) is 69.7 Å². The Morgan fingerprint density at radius 1 is 0.262 bits per heavy atom. The third-order valence-corrected chi connectivity index (χ3v) is 33.7. The van der Waals surface area contributed by atoms with Gasteiger partial charge in [0.2, 0.25) is 23.6 Å². The smallest absolute Gasteiger partial charge is 0.239 e. The van der Waals surface area contributed by atoms with Crippen molar-refractivity contribution < 1.29 is 38.3 Å². The van der Waals surface area contributed by atoms with E-state index in [1.807, 2.05) is 12.2 Å². The highest BCUT2D eigenvalue weighted by Crippen LogP contribution is 2.48. The Morgan fingerprint density at radius 2 is 0.462 bits per heavy atom. The van der Waals surface area contributed by atoms with Crippen LogP contribution in [0.3, 0.4) is 0 Å². The molecule has 0 aromatic carbocycles. The quantitative estimate of drug-likeness (QED) is 0.0498. The van der Waals surface area contributed by atoms with Gasteiger partial charge in [0.1, 0.15) is 47.7 Å². The lowest BCUT2D eigenvalue weighted by Gasteiger charge is -2.54. The fourth-order valence-electron chi connectivity index (χ4n) is 24.2. The predicted molar refractivity (Wildman–Crippen MR) is 521 cm³/mol. The zero-order chi connectivity index (χ0) is 96.4. The van der Waals surface area contributed by atoms with Crippen LogP contribution in [0.15, 0.2) is 67.9 Å². The highest BCUT2D eigenvalue weighted by Gasteiger charge is 2.54. The zero-order valence-electron chi connectivity index (χ0n) is 88.8. The van der Waals surface area contributed by atoms with Gasteiger partial charge in [0.15, 0.2) is 0 Å². The summed E-state index contributed by atoms with van der Waals surface area (Å²) < 4.78 is 29.1. The van der Waals surface area contributed by atoms with Gasteiger partial charge >= 0.3 is 0 Å². The van der Waals surface area contributed by atoms with Gasteiger partial charge in [-0.1, -0.05) is 20.8 Å². The number of nitrogens with zero attached hydrogens (tertiary/aromatic N) is 18. The Morgan fingerprint density at radius 3 is 0.685 bits per heavy atom. The van der Waals surface area contributed by atoms with Crippen LogP contribution in [0.5, 0.6) is 0 Å². The number of hydrazone groups is 2. The molecule has 0 aromatic rings. The number of hydrogen-bond donors (Lipinski definition) is 6. The molecule has 8 fully saturated rings. The summed E-state index contributed by atoms with van der Waals surface area (Å²) in [7, 11) is 17.9. The van der Waals surface area contributed by atoms with Crippen LogP contribution < -0.4 is 32.6 Å². The van der Waals surface area contributed by atoms with Gasteiger partial charge in [0.05, 0.1) is 37.5 Å². The lowest BCUT2D eigenvalue weighted by atomic mass is 9.79. The van der Waals surface area contributed by atoms with Crippen LogP contribution in [0.4, 0.5) is 0 Å². The van der Waals surface area contributed by atoms with Crippen molar-refractivity contribution in [2.75, 3.05) is 95.6 Å². The lowest BCUT2D eigenvalue weighted by molar-refractivity contribution is -0.275. The number of amidine groups is 2. The van der Waals surface area contributed by atoms with Crippen LogP contribution in [0.2, 0.25) is 0 Å². The number of likely N-dealkylation sites (tertiary alicyclic amines) is 8. The molecule has 742 valence electrons. The van der Waals surface area contributed by atoms with E-state index in [1.165, 1.54) is 0 Å². The first-order chi connectivity index (χ1) is 59.4. The van der Waals surface area contributed by atoms with E-state index in [1.54, 1.807) is 21.1 Å². The molecule has 0 aromatic heterocycles. The van der Waals surface area contributed by atoms with Crippen molar-refractivity contribution in [3.63, 3.8) is 0 Å². The monoisotopic (exact) mass is 1820 g/mol. The standard InChI is InChI=1S/C98H182N24O8/c1-83(2)51-67(52-84(3,4)109(83)33)123-79-47-75(101-119(105-79)127-71-59-91(17,18)113(37)92(19,20)60-71)99-41-43-117(77-49-81(125-69-55-87(9,10)111(35)88(11,12)56-69)107-121(103-77)129-73-63-95(25,26)115(39)96(27,28)64-73)45-46-118(78-50-82(126-70-57-89(13,14)112(36)90(15,16)58-70)108-122(104-78)130-74-65-97(29,30)116(40)98(31,32)66-74)44-42-100-76-48-80(124-68-53-85(5,6)110(34)86(7,8)54-68)106-120(102-76)128-72-61-93(21,22)114(38)94(23,24)62-72/h47-50,67-74,103-106H,41-46,51-66H2,1-40H3,(H,99,101)(H,100,102). The summed E-state index contributed by atoms with van der Waals surface area (Å²) in [6, 6.07) is 0. The minimum Gasteiger partial charge on any atom is -0.475 e. The van der Waals surface area contributed by atoms with E-state index in [2.05, 4.69) is 372 Å². The first-order valence-corrected chi connectivity index (χ1v) is 49.1. The summed E-state index contributed by atoms with van der Waals surface area (Å²) in [4.78, 5) is 64.4. The molecule has 0 saturated carbocycles. The van der Waals surface area contributed by atoms with Gasteiger partial charge in [-0.2, -0.15) is 0 Å². The molecular formula is C98H182N24O8. The second-order valence-electron chi connectivity index (χ2n) is 50.9. The number of ether oxygens (including phenoxy) is 4. The maximum Gasteiger partial charge on any atom is 0.239 e. The molecule has 0 spiro atoms. The fourth-order valence-corrected chi connectivity index (χ4v) is 24.2. The minimum atomic E-state index is -0.215. The number of nitrogens with one attached hydrogen (secondary N) is 6. The van der Waals surface area contributed by atoms with Crippen LogP contribution in [-0.2, 0) is 38.3 Å². The van der Waals surface area contributed by atoms with Gasteiger partial charge in [0.25, 0.3) is 0 Å². The van der Waals surface area contributed by atoms with E-state index in [-0.39, 0.29) is 137 Å². The fraction of sp³-hybridized carbons (Fsp3) is 0.878.